The molecule has 14 heavy (non-hydrogen) atoms. The monoisotopic (exact) mass is 197 g/mol. The van der Waals surface area contributed by atoms with E-state index in [-0.39, 0.29) is 25.6 Å². The van der Waals surface area contributed by atoms with Crippen LogP contribution in [-0.2, 0) is 16.2 Å². The lowest BCUT2D eigenvalue weighted by atomic mass is 10.4. The topological polar surface area (TPSA) is 67.6 Å². The average Bonchev–Trinajstić information content (AvgIpc) is 2.75. The van der Waals surface area contributed by atoms with Crippen molar-refractivity contribution in [2.45, 2.75) is 12.6 Å². The maximum atomic E-state index is 11.5. The summed E-state index contributed by atoms with van der Waals surface area (Å²) >= 11 is 0. The van der Waals surface area contributed by atoms with Gasteiger partial charge in [-0.05, 0) is 0 Å². The van der Waals surface area contributed by atoms with E-state index in [1.165, 1.54) is 5.06 Å². The Morgan fingerprint density at radius 1 is 1.71 bits per heavy atom. The molecule has 0 aromatic carbocycles. The van der Waals surface area contributed by atoms with Gasteiger partial charge in [-0.25, -0.2) is 10.0 Å². The Hall–Kier alpha value is -1.40. The van der Waals surface area contributed by atoms with E-state index < -0.39 is 6.10 Å². The average molecular weight is 197 g/mol. The zero-order valence-corrected chi connectivity index (χ0v) is 7.54. The molecule has 1 atom stereocenters. The number of aromatic nitrogens is 2. The van der Waals surface area contributed by atoms with Crippen LogP contribution in [0.5, 0.6) is 0 Å². The molecule has 1 N–H and O–H groups in total. The molecule has 0 aliphatic carbocycles. The first-order valence-electron chi connectivity index (χ1n) is 4.33. The maximum absolute atomic E-state index is 11.5. The van der Waals surface area contributed by atoms with Gasteiger partial charge in [-0.2, -0.15) is 0 Å². The number of aliphatic hydroxyl groups excluding tert-OH is 1. The number of rotatable bonds is 2. The molecule has 1 aromatic rings. The van der Waals surface area contributed by atoms with Crippen molar-refractivity contribution in [3.8, 4) is 0 Å². The molecule has 0 unspecified atom stereocenters. The van der Waals surface area contributed by atoms with Gasteiger partial charge in [-0.1, -0.05) is 0 Å². The van der Waals surface area contributed by atoms with Crippen molar-refractivity contribution in [1.82, 2.24) is 14.6 Å². The van der Waals surface area contributed by atoms with Crippen LogP contribution in [0.1, 0.15) is 0 Å². The Balaban J connectivity index is 1.90. The van der Waals surface area contributed by atoms with Gasteiger partial charge < -0.3 is 9.67 Å². The number of hydrogen-bond donors (Lipinski definition) is 1. The van der Waals surface area contributed by atoms with Crippen molar-refractivity contribution >= 4 is 5.91 Å². The molecular weight excluding hydrogens is 186 g/mol. The van der Waals surface area contributed by atoms with Crippen LogP contribution in [0.2, 0.25) is 0 Å². The minimum atomic E-state index is -0.568. The number of carbonyl (C=O) groups is 1. The van der Waals surface area contributed by atoms with Crippen molar-refractivity contribution < 1.29 is 14.7 Å². The summed E-state index contributed by atoms with van der Waals surface area (Å²) in [6.45, 7) is 0.621. The lowest BCUT2D eigenvalue weighted by molar-refractivity contribution is -0.169. The second-order valence-electron chi connectivity index (χ2n) is 3.14. The third-order valence-corrected chi connectivity index (χ3v) is 1.95. The van der Waals surface area contributed by atoms with E-state index in [0.717, 1.165) is 0 Å². The van der Waals surface area contributed by atoms with Gasteiger partial charge in [0.1, 0.15) is 13.2 Å². The number of amides is 1. The number of hydroxylamine groups is 2. The highest BCUT2D eigenvalue weighted by Gasteiger charge is 2.25. The number of β-amino-alcohol motifs (C(OH)–C–C–N with tert-alkyl or cyclic N) is 1. The molecule has 1 aromatic heterocycles. The van der Waals surface area contributed by atoms with E-state index in [1.807, 2.05) is 0 Å². The number of aliphatic hydroxyl groups is 1. The van der Waals surface area contributed by atoms with Crippen LogP contribution in [0.4, 0.5) is 0 Å². The fourth-order valence-electron chi connectivity index (χ4n) is 1.26. The highest BCUT2D eigenvalue weighted by atomic mass is 16.7. The molecule has 0 spiro atoms. The summed E-state index contributed by atoms with van der Waals surface area (Å²) in [6, 6.07) is 0. The predicted molar refractivity (Wildman–Crippen MR) is 45.9 cm³/mol. The van der Waals surface area contributed by atoms with Crippen molar-refractivity contribution in [1.29, 1.82) is 0 Å². The summed E-state index contributed by atoms with van der Waals surface area (Å²) in [4.78, 5) is 20.3. The Bertz CT molecular complexity index is 312. The van der Waals surface area contributed by atoms with E-state index in [9.17, 15) is 4.79 Å². The lowest BCUT2D eigenvalue weighted by Gasteiger charge is -2.13. The highest BCUT2D eigenvalue weighted by Crippen LogP contribution is 2.06. The molecule has 1 aliphatic heterocycles. The molecule has 0 bridgehead atoms. The van der Waals surface area contributed by atoms with Crippen LogP contribution in [-0.4, -0.2) is 44.9 Å². The van der Waals surface area contributed by atoms with E-state index in [2.05, 4.69) is 4.98 Å². The molecule has 0 saturated carbocycles. The second-order valence-corrected chi connectivity index (χ2v) is 3.14. The van der Waals surface area contributed by atoms with E-state index in [0.29, 0.717) is 0 Å². The van der Waals surface area contributed by atoms with Gasteiger partial charge in [0.05, 0.1) is 19.0 Å². The molecule has 2 rings (SSSR count). The van der Waals surface area contributed by atoms with Gasteiger partial charge >= 0.3 is 0 Å². The minimum absolute atomic E-state index is 0.181. The van der Waals surface area contributed by atoms with Gasteiger partial charge in [0.2, 0.25) is 0 Å². The van der Waals surface area contributed by atoms with Crippen molar-refractivity contribution in [2.24, 2.45) is 0 Å². The van der Waals surface area contributed by atoms with Crippen LogP contribution < -0.4 is 0 Å². The van der Waals surface area contributed by atoms with Crippen LogP contribution in [0.15, 0.2) is 18.7 Å². The Kier molecular flexibility index (Phi) is 2.47. The Labute approximate surface area is 80.7 Å². The van der Waals surface area contributed by atoms with Gasteiger partial charge in [0.25, 0.3) is 5.91 Å². The molecule has 1 aliphatic rings. The predicted octanol–water partition coefficient (Wildman–Crippen LogP) is -0.982. The number of imidazole rings is 1. The molecule has 1 amide bonds. The lowest BCUT2D eigenvalue weighted by Crippen LogP contribution is -2.31. The number of nitrogens with zero attached hydrogens (tertiary/aromatic N) is 3. The molecule has 6 nitrogen and oxygen atoms in total. The highest BCUT2D eigenvalue weighted by molar-refractivity contribution is 5.75. The van der Waals surface area contributed by atoms with Crippen LogP contribution >= 0.6 is 0 Å². The summed E-state index contributed by atoms with van der Waals surface area (Å²) in [5, 5.41) is 10.3. The summed E-state index contributed by atoms with van der Waals surface area (Å²) in [5.41, 5.74) is 0. The standard InChI is InChI=1S/C8H11N3O3/c12-7-3-11(14-5-7)8(13)4-10-2-1-9-6-10/h1-2,6-7,12H,3-5H2/t7-/m1/s1. The number of hydrogen-bond acceptors (Lipinski definition) is 4. The van der Waals surface area contributed by atoms with Crippen molar-refractivity contribution in [3.63, 3.8) is 0 Å². The molecule has 0 radical (unpaired) electrons. The Morgan fingerprint density at radius 3 is 3.14 bits per heavy atom. The largest absolute Gasteiger partial charge is 0.389 e. The van der Waals surface area contributed by atoms with Crippen molar-refractivity contribution in [3.05, 3.63) is 18.7 Å². The van der Waals surface area contributed by atoms with E-state index in [4.69, 9.17) is 9.94 Å². The van der Waals surface area contributed by atoms with E-state index in [1.54, 1.807) is 23.3 Å². The SMILES string of the molecule is O=C(Cn1ccnc1)N1C[C@@H](O)CO1. The zero-order chi connectivity index (χ0) is 9.97. The fraction of sp³-hybridized carbons (Fsp3) is 0.500. The molecular formula is C8H11N3O3. The zero-order valence-electron chi connectivity index (χ0n) is 7.54. The van der Waals surface area contributed by atoms with Gasteiger partial charge in [0.15, 0.2) is 0 Å². The summed E-state index contributed by atoms with van der Waals surface area (Å²) < 4.78 is 1.65. The summed E-state index contributed by atoms with van der Waals surface area (Å²) in [6.07, 6.45) is 4.30. The molecule has 6 heteroatoms. The smallest absolute Gasteiger partial charge is 0.266 e. The number of carbonyl (C=O) groups excluding carboxylic acids is 1. The maximum Gasteiger partial charge on any atom is 0.266 e. The third-order valence-electron chi connectivity index (χ3n) is 1.95. The van der Waals surface area contributed by atoms with Crippen LogP contribution in [0.3, 0.4) is 0 Å². The minimum Gasteiger partial charge on any atom is -0.389 e. The molecule has 2 heterocycles. The van der Waals surface area contributed by atoms with Crippen LogP contribution in [0, 0.1) is 0 Å². The van der Waals surface area contributed by atoms with Gasteiger partial charge in [-0.3, -0.25) is 9.63 Å². The summed E-state index contributed by atoms with van der Waals surface area (Å²) in [5.74, 6) is -0.181. The molecule has 1 saturated heterocycles. The van der Waals surface area contributed by atoms with Crippen LogP contribution in [0.25, 0.3) is 0 Å². The Morgan fingerprint density at radius 2 is 2.57 bits per heavy atom. The quantitative estimate of drug-likeness (QED) is 0.661. The third kappa shape index (κ3) is 1.91. The molecule has 76 valence electrons. The second kappa shape index (κ2) is 3.77. The first kappa shape index (κ1) is 9.17. The van der Waals surface area contributed by atoms with Gasteiger partial charge in [0, 0.05) is 12.4 Å². The first-order chi connectivity index (χ1) is 6.75. The van der Waals surface area contributed by atoms with E-state index >= 15 is 0 Å². The normalized spacial score (nSPS) is 21.5. The summed E-state index contributed by atoms with van der Waals surface area (Å²) in [7, 11) is 0. The molecule has 1 fully saturated rings. The first-order valence-corrected chi connectivity index (χ1v) is 4.33. The van der Waals surface area contributed by atoms with Gasteiger partial charge in [-0.15, -0.1) is 0 Å². The fourth-order valence-corrected chi connectivity index (χ4v) is 1.26. The van der Waals surface area contributed by atoms with Crippen molar-refractivity contribution in [2.75, 3.05) is 13.2 Å².